The van der Waals surface area contributed by atoms with Gasteiger partial charge in [-0.25, -0.2) is 0 Å². The van der Waals surface area contributed by atoms with E-state index in [0.717, 1.165) is 19.6 Å². The highest BCUT2D eigenvalue weighted by atomic mass is 16.5. The first kappa shape index (κ1) is 15.5. The van der Waals surface area contributed by atoms with Crippen LogP contribution in [0.1, 0.15) is 51.0 Å². The molecule has 3 nitrogen and oxygen atoms in total. The molecule has 112 valence electrons. The second kappa shape index (κ2) is 9.09. The van der Waals surface area contributed by atoms with Crippen molar-refractivity contribution in [3.8, 4) is 0 Å². The van der Waals surface area contributed by atoms with E-state index in [1.807, 2.05) is 18.5 Å². The molecule has 2 heterocycles. The Kier molecular flexibility index (Phi) is 7.02. The van der Waals surface area contributed by atoms with Gasteiger partial charge in [-0.3, -0.25) is 4.98 Å². The van der Waals surface area contributed by atoms with E-state index in [-0.39, 0.29) is 0 Å². The van der Waals surface area contributed by atoms with Gasteiger partial charge in [0.15, 0.2) is 0 Å². The number of ether oxygens (including phenoxy) is 1. The van der Waals surface area contributed by atoms with Crippen LogP contribution in [0.25, 0.3) is 0 Å². The van der Waals surface area contributed by atoms with Crippen molar-refractivity contribution in [3.05, 3.63) is 30.1 Å². The van der Waals surface area contributed by atoms with Crippen molar-refractivity contribution in [3.63, 3.8) is 0 Å². The Bertz CT molecular complexity index is 349. The lowest BCUT2D eigenvalue weighted by Gasteiger charge is -2.20. The molecule has 0 aliphatic carbocycles. The third-order valence-electron chi connectivity index (χ3n) is 4.05. The van der Waals surface area contributed by atoms with Crippen LogP contribution in [0.4, 0.5) is 0 Å². The van der Waals surface area contributed by atoms with Crippen LogP contribution in [0.15, 0.2) is 24.5 Å². The molecule has 1 fully saturated rings. The van der Waals surface area contributed by atoms with Crippen molar-refractivity contribution < 1.29 is 4.74 Å². The lowest BCUT2D eigenvalue weighted by atomic mass is 10.00. The highest BCUT2D eigenvalue weighted by molar-refractivity contribution is 5.08. The maximum Gasteiger partial charge on any atom is 0.0576 e. The summed E-state index contributed by atoms with van der Waals surface area (Å²) in [5.41, 5.74) is 1.34. The Balaban J connectivity index is 1.73. The zero-order valence-electron chi connectivity index (χ0n) is 12.7. The average molecular weight is 276 g/mol. The Morgan fingerprint density at radius 2 is 2.40 bits per heavy atom. The van der Waals surface area contributed by atoms with Crippen LogP contribution >= 0.6 is 0 Å². The van der Waals surface area contributed by atoms with Crippen LogP contribution in [0.5, 0.6) is 0 Å². The normalized spacial score (nSPS) is 20.1. The Hall–Kier alpha value is -0.930. The zero-order chi connectivity index (χ0) is 14.0. The van der Waals surface area contributed by atoms with Crippen LogP contribution in [-0.2, 0) is 11.2 Å². The Labute approximate surface area is 123 Å². The van der Waals surface area contributed by atoms with E-state index in [1.54, 1.807) is 0 Å². The number of rotatable bonds is 9. The van der Waals surface area contributed by atoms with E-state index in [1.165, 1.54) is 44.1 Å². The molecule has 1 N–H and O–H groups in total. The lowest BCUT2D eigenvalue weighted by molar-refractivity contribution is 0.0993. The Morgan fingerprint density at radius 1 is 1.45 bits per heavy atom. The maximum absolute atomic E-state index is 5.73. The molecule has 2 rings (SSSR count). The molecule has 0 bridgehead atoms. The number of hydrogen-bond acceptors (Lipinski definition) is 3. The van der Waals surface area contributed by atoms with Crippen LogP contribution in [0.2, 0.25) is 0 Å². The first-order valence-corrected chi connectivity index (χ1v) is 8.12. The first-order chi connectivity index (χ1) is 9.88. The number of aryl methyl sites for hydroxylation is 1. The van der Waals surface area contributed by atoms with Crippen molar-refractivity contribution in [2.45, 2.75) is 64.0 Å². The van der Waals surface area contributed by atoms with Gasteiger partial charge in [-0.15, -0.1) is 0 Å². The largest absolute Gasteiger partial charge is 0.378 e. The summed E-state index contributed by atoms with van der Waals surface area (Å²) in [6, 6.07) is 4.81. The van der Waals surface area contributed by atoms with Crippen LogP contribution in [0.3, 0.4) is 0 Å². The molecule has 2 atom stereocenters. The number of nitrogens with one attached hydrogen (secondary N) is 1. The van der Waals surface area contributed by atoms with E-state index < -0.39 is 0 Å². The molecule has 0 radical (unpaired) electrons. The number of pyridine rings is 1. The molecule has 20 heavy (non-hydrogen) atoms. The number of nitrogens with zero attached hydrogens (tertiary/aromatic N) is 1. The maximum atomic E-state index is 5.73. The van der Waals surface area contributed by atoms with Gasteiger partial charge in [0.05, 0.1) is 6.10 Å². The standard InChI is InChI=1S/C17H28N2O/c1-2-11-19-16(9-10-17-6-4-13-20-17)8-7-15-5-3-12-18-14-15/h3,5,12,14,16-17,19H,2,4,6-11,13H2,1H3. The van der Waals surface area contributed by atoms with Crippen molar-refractivity contribution in [1.29, 1.82) is 0 Å². The van der Waals surface area contributed by atoms with Crippen LogP contribution in [-0.4, -0.2) is 30.3 Å². The first-order valence-electron chi connectivity index (χ1n) is 8.12. The second-order valence-corrected chi connectivity index (χ2v) is 5.76. The van der Waals surface area contributed by atoms with Gasteiger partial charge in [0.2, 0.25) is 0 Å². The topological polar surface area (TPSA) is 34.2 Å². The summed E-state index contributed by atoms with van der Waals surface area (Å²) in [5, 5.41) is 3.69. The highest BCUT2D eigenvalue weighted by Gasteiger charge is 2.17. The molecule has 3 heteroatoms. The van der Waals surface area contributed by atoms with Gasteiger partial charge >= 0.3 is 0 Å². The van der Waals surface area contributed by atoms with Gasteiger partial charge in [0, 0.05) is 25.0 Å². The summed E-state index contributed by atoms with van der Waals surface area (Å²) in [5.74, 6) is 0. The molecular weight excluding hydrogens is 248 g/mol. The molecule has 0 amide bonds. The van der Waals surface area contributed by atoms with Gasteiger partial charge in [0.25, 0.3) is 0 Å². The van der Waals surface area contributed by atoms with E-state index in [0.29, 0.717) is 12.1 Å². The van der Waals surface area contributed by atoms with Crippen LogP contribution in [0, 0.1) is 0 Å². The monoisotopic (exact) mass is 276 g/mol. The molecule has 1 aromatic heterocycles. The number of aromatic nitrogens is 1. The zero-order valence-corrected chi connectivity index (χ0v) is 12.7. The summed E-state index contributed by atoms with van der Waals surface area (Å²) >= 11 is 0. The molecule has 1 aliphatic rings. The van der Waals surface area contributed by atoms with E-state index in [9.17, 15) is 0 Å². The van der Waals surface area contributed by atoms with Crippen molar-refractivity contribution in [2.75, 3.05) is 13.2 Å². The number of hydrogen-bond donors (Lipinski definition) is 1. The SMILES string of the molecule is CCCNC(CCc1cccnc1)CCC1CCCO1. The summed E-state index contributed by atoms with van der Waals surface area (Å²) in [6.45, 7) is 4.31. The summed E-state index contributed by atoms with van der Waals surface area (Å²) in [4.78, 5) is 4.19. The minimum absolute atomic E-state index is 0.513. The molecule has 1 aromatic rings. The minimum atomic E-state index is 0.513. The predicted octanol–water partition coefficient (Wildman–Crippen LogP) is 3.34. The molecule has 1 saturated heterocycles. The van der Waals surface area contributed by atoms with E-state index >= 15 is 0 Å². The fraction of sp³-hybridized carbons (Fsp3) is 0.706. The third-order valence-corrected chi connectivity index (χ3v) is 4.05. The molecule has 0 aromatic carbocycles. The van der Waals surface area contributed by atoms with Crippen molar-refractivity contribution in [2.24, 2.45) is 0 Å². The van der Waals surface area contributed by atoms with Crippen LogP contribution < -0.4 is 5.32 Å². The fourth-order valence-electron chi connectivity index (χ4n) is 2.84. The van der Waals surface area contributed by atoms with E-state index in [2.05, 4.69) is 23.3 Å². The molecule has 0 spiro atoms. The molecule has 2 unspecified atom stereocenters. The smallest absolute Gasteiger partial charge is 0.0576 e. The highest BCUT2D eigenvalue weighted by Crippen LogP contribution is 2.19. The van der Waals surface area contributed by atoms with Gasteiger partial charge < -0.3 is 10.1 Å². The van der Waals surface area contributed by atoms with Crippen molar-refractivity contribution >= 4 is 0 Å². The third kappa shape index (κ3) is 5.59. The summed E-state index contributed by atoms with van der Waals surface area (Å²) in [6.07, 6.45) is 12.8. The predicted molar refractivity (Wildman–Crippen MR) is 82.8 cm³/mol. The Morgan fingerprint density at radius 3 is 3.10 bits per heavy atom. The second-order valence-electron chi connectivity index (χ2n) is 5.76. The van der Waals surface area contributed by atoms with Gasteiger partial charge in [0.1, 0.15) is 0 Å². The van der Waals surface area contributed by atoms with Gasteiger partial charge in [-0.1, -0.05) is 13.0 Å². The van der Waals surface area contributed by atoms with E-state index in [4.69, 9.17) is 4.74 Å². The average Bonchev–Trinajstić information content (AvgIpc) is 3.01. The van der Waals surface area contributed by atoms with Gasteiger partial charge in [-0.2, -0.15) is 0 Å². The van der Waals surface area contributed by atoms with Gasteiger partial charge in [-0.05, 0) is 63.1 Å². The quantitative estimate of drug-likeness (QED) is 0.751. The minimum Gasteiger partial charge on any atom is -0.378 e. The fourth-order valence-corrected chi connectivity index (χ4v) is 2.84. The molecule has 1 aliphatic heterocycles. The lowest BCUT2D eigenvalue weighted by Crippen LogP contribution is -2.31. The molecular formula is C17H28N2O. The van der Waals surface area contributed by atoms with Crippen molar-refractivity contribution in [1.82, 2.24) is 10.3 Å². The summed E-state index contributed by atoms with van der Waals surface area (Å²) in [7, 11) is 0. The summed E-state index contributed by atoms with van der Waals surface area (Å²) < 4.78 is 5.73. The molecule has 0 saturated carbocycles.